The van der Waals surface area contributed by atoms with Gasteiger partial charge in [0, 0.05) is 7.11 Å². The lowest BCUT2D eigenvalue weighted by atomic mass is 10.1. The van der Waals surface area contributed by atoms with E-state index in [4.69, 9.17) is 4.74 Å². The van der Waals surface area contributed by atoms with Gasteiger partial charge < -0.3 is 4.74 Å². The smallest absolute Gasteiger partial charge is 0.0574 e. The average Bonchev–Trinajstić information content (AvgIpc) is 3.06. The third-order valence-electron chi connectivity index (χ3n) is 3.22. The van der Waals surface area contributed by atoms with Crippen molar-refractivity contribution >= 4 is 0 Å². The van der Waals surface area contributed by atoms with Gasteiger partial charge in [-0.1, -0.05) is 53.7 Å². The summed E-state index contributed by atoms with van der Waals surface area (Å²) >= 11 is 0. The van der Waals surface area contributed by atoms with Gasteiger partial charge in [-0.25, -0.2) is 0 Å². The van der Waals surface area contributed by atoms with Crippen LogP contribution >= 0.6 is 0 Å². The molecule has 0 aromatic rings. The molecule has 2 rings (SSSR count). The maximum atomic E-state index is 5.18. The van der Waals surface area contributed by atoms with Crippen LogP contribution in [0.1, 0.15) is 73.6 Å². The molecule has 0 amide bonds. The molecule has 0 saturated heterocycles. The van der Waals surface area contributed by atoms with Crippen LogP contribution in [-0.2, 0) is 4.74 Å². The Morgan fingerprint density at radius 3 is 1.50 bits per heavy atom. The van der Waals surface area contributed by atoms with Crippen LogP contribution in [0.4, 0.5) is 0 Å². The van der Waals surface area contributed by atoms with Crippen molar-refractivity contribution in [1.29, 1.82) is 0 Å². The number of hydrogen-bond acceptors (Lipinski definition) is 1. The Kier molecular flexibility index (Phi) is 16.4. The molecule has 1 heteroatoms. The van der Waals surface area contributed by atoms with Gasteiger partial charge in [-0.15, -0.1) is 0 Å². The van der Waals surface area contributed by atoms with Gasteiger partial charge in [-0.05, 0) is 43.9 Å². The van der Waals surface area contributed by atoms with Gasteiger partial charge in [0.25, 0.3) is 0 Å². The van der Waals surface area contributed by atoms with E-state index < -0.39 is 0 Å². The van der Waals surface area contributed by atoms with Crippen LogP contribution in [0.5, 0.6) is 0 Å². The van der Waals surface area contributed by atoms with E-state index in [9.17, 15) is 0 Å². The van der Waals surface area contributed by atoms with Crippen LogP contribution in [-0.4, -0.2) is 13.2 Å². The molecule has 0 bridgehead atoms. The summed E-state index contributed by atoms with van der Waals surface area (Å²) in [7, 11) is 1.81. The van der Waals surface area contributed by atoms with E-state index in [0.29, 0.717) is 6.10 Å². The Balaban J connectivity index is 0. The molecule has 2 unspecified atom stereocenters. The Bertz CT molecular complexity index is 166. The van der Waals surface area contributed by atoms with E-state index in [2.05, 4.69) is 26.0 Å². The molecule has 2 aliphatic carbocycles. The van der Waals surface area contributed by atoms with Crippen LogP contribution < -0.4 is 0 Å². The van der Waals surface area contributed by atoms with E-state index in [1.807, 2.05) is 34.8 Å². The Labute approximate surface area is 116 Å². The van der Waals surface area contributed by atoms with Crippen molar-refractivity contribution in [3.05, 3.63) is 12.2 Å². The van der Waals surface area contributed by atoms with Crippen LogP contribution in [0.2, 0.25) is 0 Å². The first-order valence-corrected chi connectivity index (χ1v) is 7.90. The largest absolute Gasteiger partial charge is 0.381 e. The lowest BCUT2D eigenvalue weighted by molar-refractivity contribution is 0.106. The third kappa shape index (κ3) is 10.8. The molecule has 0 radical (unpaired) electrons. The minimum Gasteiger partial charge on any atom is -0.381 e. The molecule has 0 aromatic carbocycles. The van der Waals surface area contributed by atoms with Crippen molar-refractivity contribution in [3.63, 3.8) is 0 Å². The lowest BCUT2D eigenvalue weighted by Gasteiger charge is -2.04. The number of methoxy groups -OCH3 is 1. The second kappa shape index (κ2) is 14.8. The van der Waals surface area contributed by atoms with Crippen molar-refractivity contribution in [2.75, 3.05) is 7.11 Å². The molecular formula is C17H36O. The molecule has 0 spiro atoms. The molecule has 0 N–H and O–H groups in total. The predicted octanol–water partition coefficient (Wildman–Crippen LogP) is 5.85. The zero-order valence-corrected chi connectivity index (χ0v) is 13.8. The van der Waals surface area contributed by atoms with Crippen molar-refractivity contribution < 1.29 is 4.74 Å². The quantitative estimate of drug-likeness (QED) is 0.535. The predicted molar refractivity (Wildman–Crippen MR) is 84.0 cm³/mol. The van der Waals surface area contributed by atoms with Gasteiger partial charge in [0.2, 0.25) is 0 Å². The number of hydrogen-bond donors (Lipinski definition) is 0. The van der Waals surface area contributed by atoms with E-state index in [1.54, 1.807) is 0 Å². The molecule has 1 fully saturated rings. The van der Waals surface area contributed by atoms with E-state index in [0.717, 1.165) is 11.8 Å². The Hall–Kier alpha value is -0.300. The van der Waals surface area contributed by atoms with Gasteiger partial charge >= 0.3 is 0 Å². The van der Waals surface area contributed by atoms with E-state index in [-0.39, 0.29) is 0 Å². The summed E-state index contributed by atoms with van der Waals surface area (Å²) in [6.07, 6.45) is 11.6. The van der Waals surface area contributed by atoms with Gasteiger partial charge in [0.05, 0.1) is 6.10 Å². The van der Waals surface area contributed by atoms with Crippen LogP contribution in [0.3, 0.4) is 0 Å². The van der Waals surface area contributed by atoms with Crippen LogP contribution in [0.25, 0.3) is 0 Å². The summed E-state index contributed by atoms with van der Waals surface area (Å²) in [5.74, 6) is 1.84. The van der Waals surface area contributed by atoms with Crippen molar-refractivity contribution in [1.82, 2.24) is 0 Å². The third-order valence-corrected chi connectivity index (χ3v) is 3.22. The number of rotatable bonds is 1. The minimum atomic E-state index is 0.574. The molecule has 18 heavy (non-hydrogen) atoms. The fourth-order valence-corrected chi connectivity index (χ4v) is 2.12. The van der Waals surface area contributed by atoms with Crippen LogP contribution in [0, 0.1) is 11.8 Å². The summed E-state index contributed by atoms with van der Waals surface area (Å²) in [5, 5.41) is 0. The monoisotopic (exact) mass is 256 g/mol. The highest BCUT2D eigenvalue weighted by Crippen LogP contribution is 2.26. The molecular weight excluding hydrogens is 220 g/mol. The van der Waals surface area contributed by atoms with Gasteiger partial charge in [-0.3, -0.25) is 0 Å². The first-order chi connectivity index (χ1) is 8.72. The van der Waals surface area contributed by atoms with Gasteiger partial charge in [0.1, 0.15) is 0 Å². The zero-order valence-electron chi connectivity index (χ0n) is 13.8. The molecule has 1 nitrogen and oxygen atoms in total. The second-order valence-electron chi connectivity index (χ2n) is 4.82. The highest BCUT2D eigenvalue weighted by Gasteiger charge is 2.19. The fraction of sp³-hybridized carbons (Fsp3) is 0.882. The standard InChI is InChI=1S/C7H14O.C6H10.2C2H6/c1-6-3-4-7(5-6)8-2;1-6-4-2-3-5-6;2*1-2/h6-7H,3-5H2,1-2H3;2-3,6H,4-5H2,1H3;2*1-2H3. The van der Waals surface area contributed by atoms with Gasteiger partial charge in [-0.2, -0.15) is 0 Å². The highest BCUT2D eigenvalue weighted by molar-refractivity contribution is 4.92. The summed E-state index contributed by atoms with van der Waals surface area (Å²) in [6, 6.07) is 0. The van der Waals surface area contributed by atoms with E-state index in [1.165, 1.54) is 32.1 Å². The Morgan fingerprint density at radius 2 is 1.33 bits per heavy atom. The molecule has 0 aromatic heterocycles. The van der Waals surface area contributed by atoms with E-state index >= 15 is 0 Å². The van der Waals surface area contributed by atoms with Crippen molar-refractivity contribution in [3.8, 4) is 0 Å². The molecule has 110 valence electrons. The van der Waals surface area contributed by atoms with Gasteiger partial charge in [0.15, 0.2) is 0 Å². The molecule has 2 atom stereocenters. The maximum absolute atomic E-state index is 5.18. The Morgan fingerprint density at radius 1 is 0.833 bits per heavy atom. The van der Waals surface area contributed by atoms with Crippen molar-refractivity contribution in [2.45, 2.75) is 79.8 Å². The molecule has 0 heterocycles. The zero-order chi connectivity index (χ0) is 14.4. The van der Waals surface area contributed by atoms with Crippen LogP contribution in [0.15, 0.2) is 12.2 Å². The highest BCUT2D eigenvalue weighted by atomic mass is 16.5. The summed E-state index contributed by atoms with van der Waals surface area (Å²) in [5.41, 5.74) is 0. The van der Waals surface area contributed by atoms with Crippen molar-refractivity contribution in [2.24, 2.45) is 11.8 Å². The second-order valence-corrected chi connectivity index (χ2v) is 4.82. The summed E-state index contributed by atoms with van der Waals surface area (Å²) < 4.78 is 5.18. The molecule has 1 saturated carbocycles. The average molecular weight is 256 g/mol. The number of ether oxygens (including phenoxy) is 1. The summed E-state index contributed by atoms with van der Waals surface area (Å²) in [4.78, 5) is 0. The molecule has 2 aliphatic rings. The molecule has 0 aliphatic heterocycles. The fourth-order valence-electron chi connectivity index (χ4n) is 2.12. The summed E-state index contributed by atoms with van der Waals surface area (Å²) in [6.45, 7) is 12.6. The first kappa shape index (κ1) is 20.0. The number of allylic oxidation sites excluding steroid dienone is 2. The maximum Gasteiger partial charge on any atom is 0.0574 e. The lowest BCUT2D eigenvalue weighted by Crippen LogP contribution is -2.03. The first-order valence-electron chi connectivity index (χ1n) is 7.90. The SMILES string of the molecule is CC.CC.CC1CC=CC1.COC1CCC(C)C1. The topological polar surface area (TPSA) is 9.23 Å². The normalized spacial score (nSPS) is 25.3. The minimum absolute atomic E-state index is 0.574.